The van der Waals surface area contributed by atoms with Crippen molar-refractivity contribution in [2.45, 2.75) is 31.3 Å². The Morgan fingerprint density at radius 3 is 2.41 bits per heavy atom. The maximum absolute atomic E-state index is 12.3. The standard InChI is InChI=1S/C14H18N2O/c17-14(11-5-2-1-3-6-11)16-9-12-7-4-8-13(10-16)15-12/h1-3,5-6,12-13,15H,4,7-10H2/t12-,13+. The summed E-state index contributed by atoms with van der Waals surface area (Å²) in [6.07, 6.45) is 3.71. The number of fused-ring (bicyclic) bond motifs is 2. The molecule has 2 fully saturated rings. The van der Waals surface area contributed by atoms with Crippen molar-refractivity contribution in [1.82, 2.24) is 10.2 Å². The van der Waals surface area contributed by atoms with E-state index in [1.807, 2.05) is 35.2 Å². The first-order valence-electron chi connectivity index (χ1n) is 6.43. The van der Waals surface area contributed by atoms with Gasteiger partial charge in [0.25, 0.3) is 5.91 Å². The van der Waals surface area contributed by atoms with E-state index in [0.717, 1.165) is 18.7 Å². The van der Waals surface area contributed by atoms with Crippen LogP contribution in [0, 0.1) is 0 Å². The van der Waals surface area contributed by atoms with Crippen molar-refractivity contribution >= 4 is 5.91 Å². The van der Waals surface area contributed by atoms with Crippen molar-refractivity contribution in [2.24, 2.45) is 0 Å². The van der Waals surface area contributed by atoms with Crippen LogP contribution < -0.4 is 5.32 Å². The summed E-state index contributed by atoms with van der Waals surface area (Å²) in [4.78, 5) is 14.3. The van der Waals surface area contributed by atoms with Crippen molar-refractivity contribution in [3.05, 3.63) is 35.9 Å². The minimum absolute atomic E-state index is 0.184. The third-order valence-corrected chi connectivity index (χ3v) is 3.77. The van der Waals surface area contributed by atoms with Crippen LogP contribution in [0.15, 0.2) is 30.3 Å². The zero-order valence-corrected chi connectivity index (χ0v) is 9.93. The van der Waals surface area contributed by atoms with E-state index in [4.69, 9.17) is 0 Å². The zero-order chi connectivity index (χ0) is 11.7. The number of piperazine rings is 1. The van der Waals surface area contributed by atoms with Gasteiger partial charge in [0, 0.05) is 30.7 Å². The molecule has 3 heteroatoms. The molecule has 2 aliphatic heterocycles. The highest BCUT2D eigenvalue weighted by molar-refractivity contribution is 5.94. The molecule has 17 heavy (non-hydrogen) atoms. The molecule has 2 aliphatic rings. The van der Waals surface area contributed by atoms with Crippen LogP contribution in [0.1, 0.15) is 29.6 Å². The molecule has 0 spiro atoms. The minimum atomic E-state index is 0.184. The molecular weight excluding hydrogens is 212 g/mol. The van der Waals surface area contributed by atoms with Gasteiger partial charge in [-0.15, -0.1) is 0 Å². The van der Waals surface area contributed by atoms with Crippen molar-refractivity contribution in [1.29, 1.82) is 0 Å². The second-order valence-corrected chi connectivity index (χ2v) is 5.07. The Morgan fingerprint density at radius 1 is 1.12 bits per heavy atom. The molecule has 90 valence electrons. The Labute approximate surface area is 102 Å². The van der Waals surface area contributed by atoms with Gasteiger partial charge in [0.05, 0.1) is 0 Å². The van der Waals surface area contributed by atoms with Gasteiger partial charge in [-0.2, -0.15) is 0 Å². The number of carbonyl (C=O) groups excluding carboxylic acids is 1. The lowest BCUT2D eigenvalue weighted by atomic mass is 9.94. The molecule has 0 radical (unpaired) electrons. The van der Waals surface area contributed by atoms with Crippen LogP contribution in [0.5, 0.6) is 0 Å². The molecule has 2 saturated heterocycles. The summed E-state index contributed by atoms with van der Waals surface area (Å²) in [5, 5.41) is 3.60. The predicted molar refractivity (Wildman–Crippen MR) is 66.9 cm³/mol. The van der Waals surface area contributed by atoms with Crippen LogP contribution in [0.2, 0.25) is 0 Å². The lowest BCUT2D eigenvalue weighted by Crippen LogP contribution is -2.59. The summed E-state index contributed by atoms with van der Waals surface area (Å²) < 4.78 is 0. The number of carbonyl (C=O) groups is 1. The fourth-order valence-corrected chi connectivity index (χ4v) is 2.93. The summed E-state index contributed by atoms with van der Waals surface area (Å²) in [5.41, 5.74) is 0.812. The summed E-state index contributed by atoms with van der Waals surface area (Å²) in [7, 11) is 0. The molecule has 3 rings (SSSR count). The molecule has 0 aromatic heterocycles. The van der Waals surface area contributed by atoms with Gasteiger partial charge in [-0.05, 0) is 25.0 Å². The SMILES string of the molecule is O=C(c1ccccc1)N1C[C@H]2CCC[C@@H](C1)N2. The van der Waals surface area contributed by atoms with E-state index in [1.54, 1.807) is 0 Å². The number of hydrogen-bond donors (Lipinski definition) is 1. The molecule has 2 bridgehead atoms. The second kappa shape index (κ2) is 4.49. The lowest BCUT2D eigenvalue weighted by Gasteiger charge is -2.42. The molecule has 2 atom stereocenters. The number of rotatable bonds is 1. The van der Waals surface area contributed by atoms with Crippen molar-refractivity contribution in [3.8, 4) is 0 Å². The summed E-state index contributed by atoms with van der Waals surface area (Å²) in [5.74, 6) is 0.184. The largest absolute Gasteiger partial charge is 0.336 e. The third kappa shape index (κ3) is 2.20. The van der Waals surface area contributed by atoms with Crippen LogP contribution in [0.4, 0.5) is 0 Å². The highest BCUT2D eigenvalue weighted by Gasteiger charge is 2.32. The van der Waals surface area contributed by atoms with Crippen LogP contribution >= 0.6 is 0 Å². The topological polar surface area (TPSA) is 32.3 Å². The number of likely N-dealkylation sites (tertiary alicyclic amines) is 1. The van der Waals surface area contributed by atoms with Gasteiger partial charge >= 0.3 is 0 Å². The molecule has 0 saturated carbocycles. The molecule has 1 N–H and O–H groups in total. The number of nitrogens with zero attached hydrogens (tertiary/aromatic N) is 1. The normalized spacial score (nSPS) is 27.9. The second-order valence-electron chi connectivity index (χ2n) is 5.07. The van der Waals surface area contributed by atoms with E-state index in [2.05, 4.69) is 5.32 Å². The average Bonchev–Trinajstić information content (AvgIpc) is 2.38. The van der Waals surface area contributed by atoms with Gasteiger partial charge < -0.3 is 10.2 Å². The molecule has 3 nitrogen and oxygen atoms in total. The van der Waals surface area contributed by atoms with Gasteiger partial charge in [0.2, 0.25) is 0 Å². The van der Waals surface area contributed by atoms with Crippen LogP contribution in [-0.4, -0.2) is 36.0 Å². The number of amides is 1. The molecule has 1 aromatic rings. The number of nitrogens with one attached hydrogen (secondary N) is 1. The first kappa shape index (κ1) is 10.8. The first-order chi connectivity index (χ1) is 8.33. The Hall–Kier alpha value is -1.35. The third-order valence-electron chi connectivity index (χ3n) is 3.77. The molecular formula is C14H18N2O. The van der Waals surface area contributed by atoms with E-state index in [9.17, 15) is 4.79 Å². The van der Waals surface area contributed by atoms with Gasteiger partial charge in [-0.1, -0.05) is 24.6 Å². The zero-order valence-electron chi connectivity index (χ0n) is 9.93. The predicted octanol–water partition coefficient (Wildman–Crippen LogP) is 1.65. The quantitative estimate of drug-likeness (QED) is 0.795. The molecule has 0 unspecified atom stereocenters. The smallest absolute Gasteiger partial charge is 0.253 e. The maximum Gasteiger partial charge on any atom is 0.253 e. The van der Waals surface area contributed by atoms with Crippen LogP contribution in [-0.2, 0) is 0 Å². The van der Waals surface area contributed by atoms with E-state index in [1.165, 1.54) is 19.3 Å². The van der Waals surface area contributed by atoms with Crippen molar-refractivity contribution < 1.29 is 4.79 Å². The fourth-order valence-electron chi connectivity index (χ4n) is 2.93. The van der Waals surface area contributed by atoms with Crippen LogP contribution in [0.3, 0.4) is 0 Å². The maximum atomic E-state index is 12.3. The summed E-state index contributed by atoms with van der Waals surface area (Å²) in [6.45, 7) is 1.73. The highest BCUT2D eigenvalue weighted by Crippen LogP contribution is 2.20. The number of benzene rings is 1. The first-order valence-corrected chi connectivity index (χ1v) is 6.43. The molecule has 1 amide bonds. The van der Waals surface area contributed by atoms with E-state index >= 15 is 0 Å². The van der Waals surface area contributed by atoms with Crippen molar-refractivity contribution in [3.63, 3.8) is 0 Å². The molecule has 0 aliphatic carbocycles. The average molecular weight is 230 g/mol. The van der Waals surface area contributed by atoms with Gasteiger partial charge in [0.1, 0.15) is 0 Å². The molecule has 2 heterocycles. The fraction of sp³-hybridized carbons (Fsp3) is 0.500. The highest BCUT2D eigenvalue weighted by atomic mass is 16.2. The number of piperidine rings is 1. The summed E-state index contributed by atoms with van der Waals surface area (Å²) in [6, 6.07) is 10.6. The van der Waals surface area contributed by atoms with Crippen LogP contribution in [0.25, 0.3) is 0 Å². The number of hydrogen-bond acceptors (Lipinski definition) is 2. The Kier molecular flexibility index (Phi) is 2.85. The Morgan fingerprint density at radius 2 is 1.76 bits per heavy atom. The van der Waals surface area contributed by atoms with Crippen molar-refractivity contribution in [2.75, 3.05) is 13.1 Å². The van der Waals surface area contributed by atoms with Gasteiger partial charge in [-0.25, -0.2) is 0 Å². The van der Waals surface area contributed by atoms with E-state index in [-0.39, 0.29) is 5.91 Å². The Balaban J connectivity index is 1.74. The Bertz CT molecular complexity index is 392. The van der Waals surface area contributed by atoms with E-state index < -0.39 is 0 Å². The van der Waals surface area contributed by atoms with Gasteiger partial charge in [0.15, 0.2) is 0 Å². The van der Waals surface area contributed by atoms with Gasteiger partial charge in [-0.3, -0.25) is 4.79 Å². The summed E-state index contributed by atoms with van der Waals surface area (Å²) >= 11 is 0. The minimum Gasteiger partial charge on any atom is -0.336 e. The molecule has 1 aromatic carbocycles. The lowest BCUT2D eigenvalue weighted by molar-refractivity contribution is 0.0608. The monoisotopic (exact) mass is 230 g/mol. The van der Waals surface area contributed by atoms with E-state index in [0.29, 0.717) is 12.1 Å².